The van der Waals surface area contributed by atoms with Crippen molar-refractivity contribution in [1.29, 1.82) is 0 Å². The van der Waals surface area contributed by atoms with Crippen LogP contribution in [0, 0.1) is 5.92 Å². The van der Waals surface area contributed by atoms with Crippen LogP contribution < -0.4 is 0 Å². The maximum Gasteiger partial charge on any atom is 0.410 e. The lowest BCUT2D eigenvalue weighted by Crippen LogP contribution is -2.58. The van der Waals surface area contributed by atoms with Gasteiger partial charge in [-0.3, -0.25) is 9.69 Å². The largest absolute Gasteiger partial charge is 0.481 e. The van der Waals surface area contributed by atoms with E-state index >= 15 is 0 Å². The number of rotatable bonds is 2. The summed E-state index contributed by atoms with van der Waals surface area (Å²) in [6.07, 6.45) is 0.323. The van der Waals surface area contributed by atoms with Gasteiger partial charge in [-0.25, -0.2) is 4.79 Å². The second kappa shape index (κ2) is 7.27. The van der Waals surface area contributed by atoms with Gasteiger partial charge in [0.2, 0.25) is 0 Å². The predicted molar refractivity (Wildman–Crippen MR) is 88.9 cm³/mol. The molecule has 2 aliphatic rings. The summed E-state index contributed by atoms with van der Waals surface area (Å²) in [6.45, 7) is 11.7. The number of ether oxygens (including phenoxy) is 2. The highest BCUT2D eigenvalue weighted by Gasteiger charge is 2.39. The number of hydrogen-bond acceptors (Lipinski definition) is 5. The van der Waals surface area contributed by atoms with Crippen molar-refractivity contribution in [3.8, 4) is 0 Å². The number of morpholine rings is 1. The first-order valence-corrected chi connectivity index (χ1v) is 8.65. The van der Waals surface area contributed by atoms with Gasteiger partial charge in [0.25, 0.3) is 0 Å². The number of carboxylic acid groups (broad SMARTS) is 1. The van der Waals surface area contributed by atoms with Crippen molar-refractivity contribution in [2.45, 2.75) is 64.9 Å². The van der Waals surface area contributed by atoms with Gasteiger partial charge in [0.05, 0.1) is 18.1 Å². The minimum atomic E-state index is -0.859. The lowest BCUT2D eigenvalue weighted by atomic mass is 9.92. The number of amides is 1. The predicted octanol–water partition coefficient (Wildman–Crippen LogP) is 1.81. The second-order valence-corrected chi connectivity index (χ2v) is 8.02. The van der Waals surface area contributed by atoms with Crippen LogP contribution >= 0.6 is 0 Å². The molecular formula is C17H30N2O5. The van der Waals surface area contributed by atoms with Crippen LogP contribution in [-0.2, 0) is 14.3 Å². The van der Waals surface area contributed by atoms with Gasteiger partial charge in [0.15, 0.2) is 0 Å². The van der Waals surface area contributed by atoms with E-state index in [0.717, 1.165) is 13.1 Å². The first-order chi connectivity index (χ1) is 11.0. The van der Waals surface area contributed by atoms with Crippen molar-refractivity contribution >= 4 is 12.1 Å². The molecule has 0 aromatic rings. The van der Waals surface area contributed by atoms with E-state index in [1.807, 2.05) is 34.6 Å². The minimum Gasteiger partial charge on any atom is -0.481 e. The van der Waals surface area contributed by atoms with E-state index < -0.39 is 23.6 Å². The highest BCUT2D eigenvalue weighted by Crippen LogP contribution is 2.25. The van der Waals surface area contributed by atoms with Crippen molar-refractivity contribution in [2.75, 3.05) is 26.2 Å². The zero-order valence-corrected chi connectivity index (χ0v) is 15.3. The molecule has 0 spiro atoms. The fourth-order valence-electron chi connectivity index (χ4n) is 3.51. The molecule has 2 aliphatic heterocycles. The molecule has 0 aliphatic carbocycles. The van der Waals surface area contributed by atoms with Crippen molar-refractivity contribution in [3.63, 3.8) is 0 Å². The SMILES string of the molecule is C[C@@H]1CN([C@@H]2C[C@@H](C(=O)O)CN(C(=O)OC(C)(C)C)C2)C[C@H](C)O1. The zero-order chi connectivity index (χ0) is 18.1. The molecule has 2 heterocycles. The molecule has 0 unspecified atom stereocenters. The number of carbonyl (C=O) groups is 2. The molecule has 138 valence electrons. The Bertz CT molecular complexity index is 466. The quantitative estimate of drug-likeness (QED) is 0.824. The summed E-state index contributed by atoms with van der Waals surface area (Å²) >= 11 is 0. The van der Waals surface area contributed by atoms with E-state index in [2.05, 4.69) is 4.90 Å². The molecule has 4 atom stereocenters. The third-order valence-electron chi connectivity index (χ3n) is 4.39. The summed E-state index contributed by atoms with van der Waals surface area (Å²) in [5.41, 5.74) is -0.593. The summed E-state index contributed by atoms with van der Waals surface area (Å²) in [6, 6.07) is 0.0150. The van der Waals surface area contributed by atoms with Crippen LogP contribution in [0.2, 0.25) is 0 Å². The molecule has 2 rings (SSSR count). The van der Waals surface area contributed by atoms with Crippen LogP contribution in [-0.4, -0.2) is 77.0 Å². The van der Waals surface area contributed by atoms with Crippen molar-refractivity contribution in [2.24, 2.45) is 5.92 Å². The first-order valence-electron chi connectivity index (χ1n) is 8.65. The zero-order valence-electron chi connectivity index (χ0n) is 15.3. The fourth-order valence-corrected chi connectivity index (χ4v) is 3.51. The van der Waals surface area contributed by atoms with Gasteiger partial charge in [0.1, 0.15) is 5.60 Å². The van der Waals surface area contributed by atoms with Gasteiger partial charge in [-0.15, -0.1) is 0 Å². The molecule has 7 heteroatoms. The minimum absolute atomic E-state index is 0.0150. The van der Waals surface area contributed by atoms with Crippen molar-refractivity contribution in [1.82, 2.24) is 9.80 Å². The number of piperidine rings is 1. The Labute approximate surface area is 143 Å². The van der Waals surface area contributed by atoms with Gasteiger partial charge in [-0.1, -0.05) is 0 Å². The Morgan fingerprint density at radius 2 is 1.67 bits per heavy atom. The molecular weight excluding hydrogens is 312 g/mol. The van der Waals surface area contributed by atoms with Crippen LogP contribution in [0.15, 0.2) is 0 Å². The van der Waals surface area contributed by atoms with Gasteiger partial charge < -0.3 is 19.5 Å². The monoisotopic (exact) mass is 342 g/mol. The number of carboxylic acids is 1. The molecule has 0 bridgehead atoms. The van der Waals surface area contributed by atoms with Crippen LogP contribution in [0.5, 0.6) is 0 Å². The number of carbonyl (C=O) groups excluding carboxylic acids is 1. The van der Waals surface area contributed by atoms with E-state index in [4.69, 9.17) is 9.47 Å². The molecule has 24 heavy (non-hydrogen) atoms. The molecule has 0 aromatic heterocycles. The van der Waals surface area contributed by atoms with Crippen LogP contribution in [0.3, 0.4) is 0 Å². The van der Waals surface area contributed by atoms with E-state index in [9.17, 15) is 14.7 Å². The fraction of sp³-hybridized carbons (Fsp3) is 0.882. The summed E-state index contributed by atoms with van der Waals surface area (Å²) in [7, 11) is 0. The Hall–Kier alpha value is -1.34. The van der Waals surface area contributed by atoms with E-state index in [1.165, 1.54) is 0 Å². The number of likely N-dealkylation sites (tertiary alicyclic amines) is 1. The molecule has 7 nitrogen and oxygen atoms in total. The lowest BCUT2D eigenvalue weighted by Gasteiger charge is -2.45. The Morgan fingerprint density at radius 1 is 1.08 bits per heavy atom. The number of aliphatic carboxylic acids is 1. The molecule has 2 saturated heterocycles. The second-order valence-electron chi connectivity index (χ2n) is 8.02. The molecule has 1 N–H and O–H groups in total. The highest BCUT2D eigenvalue weighted by molar-refractivity contribution is 5.73. The molecule has 1 amide bonds. The average Bonchev–Trinajstić information content (AvgIpc) is 2.43. The number of nitrogens with zero attached hydrogens (tertiary/aromatic N) is 2. The van der Waals surface area contributed by atoms with E-state index in [1.54, 1.807) is 4.90 Å². The van der Waals surface area contributed by atoms with Crippen molar-refractivity contribution < 1.29 is 24.2 Å². The number of hydrogen-bond donors (Lipinski definition) is 1. The van der Waals surface area contributed by atoms with Crippen molar-refractivity contribution in [3.05, 3.63) is 0 Å². The summed E-state index contributed by atoms with van der Waals surface area (Å²) in [5, 5.41) is 9.47. The smallest absolute Gasteiger partial charge is 0.410 e. The Kier molecular flexibility index (Phi) is 5.75. The standard InChI is InChI=1S/C17H30N2O5/c1-11-7-18(8-12(2)23-11)14-6-13(15(20)21)9-19(10-14)16(22)24-17(3,4)5/h11-14H,6-10H2,1-5H3,(H,20,21)/t11-,12+,13-,14-/m1/s1. The third-order valence-corrected chi connectivity index (χ3v) is 4.39. The summed E-state index contributed by atoms with van der Waals surface area (Å²) in [4.78, 5) is 27.7. The highest BCUT2D eigenvalue weighted by atomic mass is 16.6. The summed E-state index contributed by atoms with van der Waals surface area (Å²) < 4.78 is 11.2. The first kappa shape index (κ1) is 19.0. The van der Waals surface area contributed by atoms with Crippen LogP contribution in [0.25, 0.3) is 0 Å². The molecule has 2 fully saturated rings. The van der Waals surface area contributed by atoms with Gasteiger partial charge in [-0.2, -0.15) is 0 Å². The maximum absolute atomic E-state index is 12.4. The maximum atomic E-state index is 12.4. The summed E-state index contributed by atoms with van der Waals surface area (Å²) in [5.74, 6) is -1.42. The van der Waals surface area contributed by atoms with Gasteiger partial charge >= 0.3 is 12.1 Å². The van der Waals surface area contributed by atoms with Gasteiger partial charge in [-0.05, 0) is 41.0 Å². The topological polar surface area (TPSA) is 79.3 Å². The lowest BCUT2D eigenvalue weighted by molar-refractivity contribution is -0.145. The molecule has 0 aromatic carbocycles. The average molecular weight is 342 g/mol. The Morgan fingerprint density at radius 3 is 2.17 bits per heavy atom. The third kappa shape index (κ3) is 5.08. The molecule has 0 radical (unpaired) electrons. The normalized spacial score (nSPS) is 32.5. The van der Waals surface area contributed by atoms with Crippen LogP contribution in [0.4, 0.5) is 4.79 Å². The van der Waals surface area contributed by atoms with Crippen LogP contribution in [0.1, 0.15) is 41.0 Å². The molecule has 0 saturated carbocycles. The van der Waals surface area contributed by atoms with E-state index in [0.29, 0.717) is 13.0 Å². The van der Waals surface area contributed by atoms with Gasteiger partial charge in [0, 0.05) is 32.2 Å². The Balaban J connectivity index is 2.10. The van der Waals surface area contributed by atoms with E-state index in [-0.39, 0.29) is 24.8 Å².